The Morgan fingerprint density at radius 2 is 0.727 bits per heavy atom. The van der Waals surface area contributed by atoms with Crippen molar-refractivity contribution in [2.24, 2.45) is 0 Å². The quantitative estimate of drug-likeness (QED) is 0.150. The third-order valence-electron chi connectivity index (χ3n) is 10.9. The van der Waals surface area contributed by atoms with Gasteiger partial charge in [0.05, 0.1) is 11.4 Å². The second-order valence-electron chi connectivity index (χ2n) is 14.1. The molecule has 0 spiro atoms. The second-order valence-corrected chi connectivity index (χ2v) is 14.1. The van der Waals surface area contributed by atoms with Crippen LogP contribution in [0.1, 0.15) is 0 Å². The van der Waals surface area contributed by atoms with Gasteiger partial charge < -0.3 is 4.90 Å². The van der Waals surface area contributed by atoms with Crippen LogP contribution in [0.4, 0.5) is 17.1 Å². The minimum absolute atomic E-state index is 1.09. The average Bonchev–Trinajstić information content (AvgIpc) is 3.27. The predicted molar refractivity (Wildman–Crippen MR) is 235 cm³/mol. The SMILES string of the molecule is c1ccc(-c2ccccc2N(c2ccc(-c3ccc4c(ccc5ccccc54)c3)cc2)c2ccccc2-c2cccc(-c3cccc4ccccc34)c2)cc1. The van der Waals surface area contributed by atoms with Gasteiger partial charge in [0, 0.05) is 16.8 Å². The molecule has 10 aromatic carbocycles. The zero-order valence-corrected chi connectivity index (χ0v) is 30.3. The van der Waals surface area contributed by atoms with Crippen LogP contribution in [0.3, 0.4) is 0 Å². The maximum absolute atomic E-state index is 2.43. The van der Waals surface area contributed by atoms with Crippen molar-refractivity contribution in [2.75, 3.05) is 4.90 Å². The van der Waals surface area contributed by atoms with Gasteiger partial charge in [0.2, 0.25) is 0 Å². The van der Waals surface area contributed by atoms with Crippen LogP contribution < -0.4 is 4.90 Å². The van der Waals surface area contributed by atoms with E-state index in [-0.39, 0.29) is 0 Å². The lowest BCUT2D eigenvalue weighted by molar-refractivity contribution is 1.28. The van der Waals surface area contributed by atoms with Crippen LogP contribution in [0.2, 0.25) is 0 Å². The lowest BCUT2D eigenvalue weighted by Gasteiger charge is -2.30. The van der Waals surface area contributed by atoms with E-state index in [1.165, 1.54) is 76.8 Å². The van der Waals surface area contributed by atoms with Gasteiger partial charge in [-0.15, -0.1) is 0 Å². The molecule has 1 heteroatoms. The van der Waals surface area contributed by atoms with E-state index in [1.807, 2.05) is 0 Å². The Bertz CT molecular complexity index is 2970. The minimum atomic E-state index is 1.09. The topological polar surface area (TPSA) is 3.24 Å². The van der Waals surface area contributed by atoms with Crippen LogP contribution in [0.5, 0.6) is 0 Å². The van der Waals surface area contributed by atoms with Gasteiger partial charge >= 0.3 is 0 Å². The third-order valence-corrected chi connectivity index (χ3v) is 10.9. The molecule has 10 rings (SSSR count). The van der Waals surface area contributed by atoms with Crippen molar-refractivity contribution in [3.63, 3.8) is 0 Å². The monoisotopic (exact) mass is 699 g/mol. The molecule has 0 atom stereocenters. The van der Waals surface area contributed by atoms with Gasteiger partial charge in [0.1, 0.15) is 0 Å². The smallest absolute Gasteiger partial charge is 0.0540 e. The number of hydrogen-bond acceptors (Lipinski definition) is 1. The molecule has 0 aliphatic carbocycles. The van der Waals surface area contributed by atoms with Gasteiger partial charge in [-0.2, -0.15) is 0 Å². The summed E-state index contributed by atoms with van der Waals surface area (Å²) < 4.78 is 0. The Hall–Kier alpha value is -7.22. The van der Waals surface area contributed by atoms with E-state index < -0.39 is 0 Å². The molecule has 0 saturated carbocycles. The molecule has 258 valence electrons. The first kappa shape index (κ1) is 32.4. The highest BCUT2D eigenvalue weighted by Gasteiger charge is 2.21. The second kappa shape index (κ2) is 14.0. The highest BCUT2D eigenvalue weighted by Crippen LogP contribution is 2.45. The van der Waals surface area contributed by atoms with Crippen molar-refractivity contribution in [3.05, 3.63) is 224 Å². The molecule has 0 N–H and O–H groups in total. The molecule has 0 aliphatic heterocycles. The van der Waals surface area contributed by atoms with E-state index >= 15 is 0 Å². The van der Waals surface area contributed by atoms with Crippen LogP contribution in [-0.4, -0.2) is 0 Å². The van der Waals surface area contributed by atoms with Crippen LogP contribution in [0, 0.1) is 0 Å². The van der Waals surface area contributed by atoms with E-state index in [4.69, 9.17) is 0 Å². The normalized spacial score (nSPS) is 11.3. The molecule has 55 heavy (non-hydrogen) atoms. The van der Waals surface area contributed by atoms with Crippen LogP contribution in [0.25, 0.3) is 76.8 Å². The van der Waals surface area contributed by atoms with Crippen molar-refractivity contribution in [1.82, 2.24) is 0 Å². The van der Waals surface area contributed by atoms with E-state index in [0.717, 1.165) is 17.1 Å². The van der Waals surface area contributed by atoms with Crippen molar-refractivity contribution < 1.29 is 0 Å². The molecule has 0 saturated heterocycles. The summed E-state index contributed by atoms with van der Waals surface area (Å²) in [6.45, 7) is 0. The number of anilines is 3. The summed E-state index contributed by atoms with van der Waals surface area (Å²) in [5, 5.41) is 7.59. The largest absolute Gasteiger partial charge is 0.309 e. The van der Waals surface area contributed by atoms with Crippen molar-refractivity contribution in [2.45, 2.75) is 0 Å². The number of para-hydroxylation sites is 2. The Balaban J connectivity index is 1.11. The van der Waals surface area contributed by atoms with Crippen molar-refractivity contribution in [3.8, 4) is 44.5 Å². The number of nitrogens with zero attached hydrogens (tertiary/aromatic N) is 1. The standard InChI is InChI=1S/C54H37N/c1-2-14-40(15-3-1)51-23-8-10-26-53(51)55(46-33-30-38(31-34-46)42-32-35-50-45(36-42)29-28-41-17-5-7-22-48(41)50)54-27-11-9-24-52(54)44-20-12-19-43(37-44)49-25-13-18-39-16-4-6-21-47(39)49/h1-37H. The zero-order chi connectivity index (χ0) is 36.6. The fraction of sp³-hybridized carbons (Fsp3) is 0. The first-order chi connectivity index (χ1) is 27.3. The number of fused-ring (bicyclic) bond motifs is 4. The summed E-state index contributed by atoms with van der Waals surface area (Å²) in [6, 6.07) is 81.5. The highest BCUT2D eigenvalue weighted by atomic mass is 15.1. The molecule has 0 amide bonds. The first-order valence-electron chi connectivity index (χ1n) is 18.9. The molecular formula is C54H37N. The lowest BCUT2D eigenvalue weighted by atomic mass is 9.94. The van der Waals surface area contributed by atoms with E-state index in [2.05, 4.69) is 229 Å². The minimum Gasteiger partial charge on any atom is -0.309 e. The maximum atomic E-state index is 2.43. The lowest BCUT2D eigenvalue weighted by Crippen LogP contribution is -2.12. The number of hydrogen-bond donors (Lipinski definition) is 0. The molecule has 0 unspecified atom stereocenters. The molecule has 0 bridgehead atoms. The molecule has 0 aliphatic rings. The van der Waals surface area contributed by atoms with E-state index in [9.17, 15) is 0 Å². The van der Waals surface area contributed by atoms with Crippen LogP contribution in [0.15, 0.2) is 224 Å². The fourth-order valence-electron chi connectivity index (χ4n) is 8.18. The van der Waals surface area contributed by atoms with Gasteiger partial charge in [-0.05, 0) is 102 Å². The Morgan fingerprint density at radius 1 is 0.236 bits per heavy atom. The molecule has 0 aromatic heterocycles. The molecular weight excluding hydrogens is 663 g/mol. The Kier molecular flexibility index (Phi) is 8.24. The molecule has 10 aromatic rings. The Labute approximate surface area is 322 Å². The van der Waals surface area contributed by atoms with Crippen molar-refractivity contribution >= 4 is 49.4 Å². The summed E-state index contributed by atoms with van der Waals surface area (Å²) in [6.07, 6.45) is 0. The summed E-state index contributed by atoms with van der Waals surface area (Å²) in [5.74, 6) is 0. The van der Waals surface area contributed by atoms with E-state index in [0.29, 0.717) is 0 Å². The van der Waals surface area contributed by atoms with Crippen molar-refractivity contribution in [1.29, 1.82) is 0 Å². The fourth-order valence-corrected chi connectivity index (χ4v) is 8.18. The van der Waals surface area contributed by atoms with Crippen LogP contribution in [-0.2, 0) is 0 Å². The van der Waals surface area contributed by atoms with Gasteiger partial charge in [-0.25, -0.2) is 0 Å². The molecule has 1 nitrogen and oxygen atoms in total. The van der Waals surface area contributed by atoms with Gasteiger partial charge in [-0.1, -0.05) is 188 Å². The number of rotatable bonds is 7. The van der Waals surface area contributed by atoms with Gasteiger partial charge in [0.15, 0.2) is 0 Å². The zero-order valence-electron chi connectivity index (χ0n) is 30.3. The summed E-state index contributed by atoms with van der Waals surface area (Å²) in [5.41, 5.74) is 12.9. The van der Waals surface area contributed by atoms with Gasteiger partial charge in [-0.3, -0.25) is 0 Å². The molecule has 0 fully saturated rings. The maximum Gasteiger partial charge on any atom is 0.0540 e. The summed E-state index contributed by atoms with van der Waals surface area (Å²) >= 11 is 0. The summed E-state index contributed by atoms with van der Waals surface area (Å²) in [4.78, 5) is 2.43. The van der Waals surface area contributed by atoms with E-state index in [1.54, 1.807) is 0 Å². The summed E-state index contributed by atoms with van der Waals surface area (Å²) in [7, 11) is 0. The van der Waals surface area contributed by atoms with Crippen LogP contribution >= 0.6 is 0 Å². The molecule has 0 heterocycles. The first-order valence-corrected chi connectivity index (χ1v) is 18.9. The molecule has 0 radical (unpaired) electrons. The average molecular weight is 700 g/mol. The van der Waals surface area contributed by atoms with Gasteiger partial charge in [0.25, 0.3) is 0 Å². The highest BCUT2D eigenvalue weighted by molar-refractivity contribution is 6.08. The number of benzene rings is 10. The Morgan fingerprint density at radius 3 is 1.49 bits per heavy atom. The third kappa shape index (κ3) is 6.02. The predicted octanol–water partition coefficient (Wildman–Crippen LogP) is 15.3.